The molecule has 2 fully saturated rings. The minimum Gasteiger partial charge on any atom is -0.465 e. The molecule has 0 radical (unpaired) electrons. The van der Waals surface area contributed by atoms with E-state index in [0.717, 1.165) is 57.4 Å². The molecule has 2 aromatic rings. The molecule has 0 atom stereocenters. The van der Waals surface area contributed by atoms with E-state index in [-0.39, 0.29) is 23.7 Å². The lowest BCUT2D eigenvalue weighted by Crippen LogP contribution is -2.54. The zero-order valence-electron chi connectivity index (χ0n) is 19.6. The number of amides is 2. The molecule has 2 saturated heterocycles. The maximum Gasteiger partial charge on any atom is 0.407 e. The predicted molar refractivity (Wildman–Crippen MR) is 135 cm³/mol. The normalized spacial score (nSPS) is 20.5. The van der Waals surface area contributed by atoms with Crippen molar-refractivity contribution in [3.8, 4) is 0 Å². The molecule has 0 unspecified atom stereocenters. The molecular formula is C27H34ClN3O3. The number of halogens is 1. The Balaban J connectivity index is 0.00000274. The first-order valence-electron chi connectivity index (χ1n) is 12.2. The predicted octanol–water partition coefficient (Wildman–Crippen LogP) is 4.49. The van der Waals surface area contributed by atoms with Crippen LogP contribution in [0.25, 0.3) is 0 Å². The molecule has 2 aromatic carbocycles. The van der Waals surface area contributed by atoms with E-state index in [2.05, 4.69) is 34.1 Å². The summed E-state index contributed by atoms with van der Waals surface area (Å²) in [5.74, 6) is 0.696. The fourth-order valence-corrected chi connectivity index (χ4v) is 6.06. The SMILES string of the molecule is Cl.O=C(O)N1CCC(CN2CCC3(CC2)CN(C(=O)c2ccccc2)Cc2ccccc23)CC1. The van der Waals surface area contributed by atoms with E-state index < -0.39 is 6.09 Å². The van der Waals surface area contributed by atoms with Gasteiger partial charge in [-0.3, -0.25) is 4.79 Å². The van der Waals surface area contributed by atoms with Gasteiger partial charge in [-0.25, -0.2) is 4.79 Å². The Morgan fingerprint density at radius 1 is 0.882 bits per heavy atom. The molecule has 7 heteroatoms. The van der Waals surface area contributed by atoms with Crippen LogP contribution in [0.1, 0.15) is 47.2 Å². The fourth-order valence-electron chi connectivity index (χ4n) is 6.06. The van der Waals surface area contributed by atoms with Gasteiger partial charge in [0.05, 0.1) is 0 Å². The summed E-state index contributed by atoms with van der Waals surface area (Å²) in [4.78, 5) is 30.6. The van der Waals surface area contributed by atoms with E-state index in [4.69, 9.17) is 0 Å². The van der Waals surface area contributed by atoms with Gasteiger partial charge in [-0.1, -0.05) is 42.5 Å². The largest absolute Gasteiger partial charge is 0.465 e. The number of carboxylic acid groups (broad SMARTS) is 1. The van der Waals surface area contributed by atoms with E-state index in [0.29, 0.717) is 25.6 Å². The highest BCUT2D eigenvalue weighted by molar-refractivity contribution is 5.94. The first-order valence-corrected chi connectivity index (χ1v) is 12.2. The van der Waals surface area contributed by atoms with Crippen LogP contribution in [0, 0.1) is 5.92 Å². The third kappa shape index (κ3) is 4.93. The molecule has 1 spiro atoms. The summed E-state index contributed by atoms with van der Waals surface area (Å²) in [5.41, 5.74) is 3.49. The second-order valence-electron chi connectivity index (χ2n) is 9.98. The van der Waals surface area contributed by atoms with Crippen LogP contribution >= 0.6 is 12.4 Å². The molecule has 182 valence electrons. The number of nitrogens with zero attached hydrogens (tertiary/aromatic N) is 3. The molecule has 2 amide bonds. The number of hydrogen-bond acceptors (Lipinski definition) is 3. The lowest BCUT2D eigenvalue weighted by atomic mass is 9.68. The number of likely N-dealkylation sites (tertiary alicyclic amines) is 2. The molecule has 34 heavy (non-hydrogen) atoms. The molecule has 5 rings (SSSR count). The molecule has 0 aromatic heterocycles. The maximum atomic E-state index is 13.3. The molecule has 3 heterocycles. The van der Waals surface area contributed by atoms with Crippen LogP contribution in [0.4, 0.5) is 4.79 Å². The smallest absolute Gasteiger partial charge is 0.407 e. The average molecular weight is 484 g/mol. The van der Waals surface area contributed by atoms with Crippen LogP contribution < -0.4 is 0 Å². The van der Waals surface area contributed by atoms with Crippen molar-refractivity contribution in [3.63, 3.8) is 0 Å². The zero-order valence-corrected chi connectivity index (χ0v) is 20.4. The highest BCUT2D eigenvalue weighted by Gasteiger charge is 2.43. The first kappa shape index (κ1) is 24.6. The number of carbonyl (C=O) groups is 2. The summed E-state index contributed by atoms with van der Waals surface area (Å²) in [6.07, 6.45) is 3.22. The first-order chi connectivity index (χ1) is 16.0. The van der Waals surface area contributed by atoms with Crippen molar-refractivity contribution in [2.24, 2.45) is 5.92 Å². The second-order valence-corrected chi connectivity index (χ2v) is 9.98. The van der Waals surface area contributed by atoms with Gasteiger partial charge in [0.1, 0.15) is 0 Å². The summed E-state index contributed by atoms with van der Waals surface area (Å²) < 4.78 is 0. The fraction of sp³-hybridized carbons (Fsp3) is 0.481. The second kappa shape index (κ2) is 10.4. The van der Waals surface area contributed by atoms with Crippen molar-refractivity contribution in [1.82, 2.24) is 14.7 Å². The van der Waals surface area contributed by atoms with Gasteiger partial charge in [-0.05, 0) is 68.0 Å². The Labute approximate surface area is 207 Å². The highest BCUT2D eigenvalue weighted by atomic mass is 35.5. The Hall–Kier alpha value is -2.57. The van der Waals surface area contributed by atoms with Gasteiger partial charge in [0, 0.05) is 43.7 Å². The lowest BCUT2D eigenvalue weighted by molar-refractivity contribution is 0.0544. The van der Waals surface area contributed by atoms with E-state index in [1.807, 2.05) is 30.3 Å². The number of hydrogen-bond donors (Lipinski definition) is 1. The van der Waals surface area contributed by atoms with E-state index in [9.17, 15) is 14.7 Å². The molecule has 6 nitrogen and oxygen atoms in total. The Bertz CT molecular complexity index is 999. The topological polar surface area (TPSA) is 64.1 Å². The number of carbonyl (C=O) groups excluding carboxylic acids is 1. The Morgan fingerprint density at radius 2 is 1.53 bits per heavy atom. The third-order valence-electron chi connectivity index (χ3n) is 7.97. The van der Waals surface area contributed by atoms with E-state index >= 15 is 0 Å². The van der Waals surface area contributed by atoms with Crippen LogP contribution in [0.2, 0.25) is 0 Å². The summed E-state index contributed by atoms with van der Waals surface area (Å²) in [5, 5.41) is 9.19. The summed E-state index contributed by atoms with van der Waals surface area (Å²) in [6, 6.07) is 18.3. The molecule has 0 aliphatic carbocycles. The van der Waals surface area contributed by atoms with Crippen molar-refractivity contribution < 1.29 is 14.7 Å². The average Bonchev–Trinajstić information content (AvgIpc) is 2.86. The van der Waals surface area contributed by atoms with Crippen molar-refractivity contribution in [1.29, 1.82) is 0 Å². The summed E-state index contributed by atoms with van der Waals surface area (Å²) in [6.45, 7) is 5.88. The molecular weight excluding hydrogens is 450 g/mol. The molecule has 0 bridgehead atoms. The van der Waals surface area contributed by atoms with Crippen LogP contribution in [0.5, 0.6) is 0 Å². The van der Waals surface area contributed by atoms with Gasteiger partial charge in [-0.15, -0.1) is 12.4 Å². The van der Waals surface area contributed by atoms with Crippen LogP contribution in [-0.4, -0.2) is 71.1 Å². The van der Waals surface area contributed by atoms with Crippen molar-refractivity contribution in [3.05, 3.63) is 71.3 Å². The number of piperidine rings is 2. The van der Waals surface area contributed by atoms with Crippen molar-refractivity contribution in [2.45, 2.75) is 37.6 Å². The minimum absolute atomic E-state index is 0. The van der Waals surface area contributed by atoms with Gasteiger partial charge in [0.2, 0.25) is 0 Å². The lowest BCUT2D eigenvalue weighted by Gasteiger charge is -2.49. The maximum absolute atomic E-state index is 13.3. The number of benzene rings is 2. The van der Waals surface area contributed by atoms with Gasteiger partial charge >= 0.3 is 6.09 Å². The number of rotatable bonds is 3. The summed E-state index contributed by atoms with van der Waals surface area (Å²) >= 11 is 0. The van der Waals surface area contributed by atoms with Crippen LogP contribution in [-0.2, 0) is 12.0 Å². The Kier molecular flexibility index (Phi) is 7.48. The molecule has 0 saturated carbocycles. The molecule has 3 aliphatic heterocycles. The highest BCUT2D eigenvalue weighted by Crippen LogP contribution is 2.42. The monoisotopic (exact) mass is 483 g/mol. The van der Waals surface area contributed by atoms with Gasteiger partial charge in [-0.2, -0.15) is 0 Å². The summed E-state index contributed by atoms with van der Waals surface area (Å²) in [7, 11) is 0. The van der Waals surface area contributed by atoms with Crippen molar-refractivity contribution >= 4 is 24.4 Å². The quantitative estimate of drug-likeness (QED) is 0.698. The zero-order chi connectivity index (χ0) is 22.8. The van der Waals surface area contributed by atoms with Gasteiger partial charge < -0.3 is 19.8 Å². The Morgan fingerprint density at radius 3 is 2.21 bits per heavy atom. The van der Waals surface area contributed by atoms with Gasteiger partial charge in [0.25, 0.3) is 5.91 Å². The van der Waals surface area contributed by atoms with E-state index in [1.54, 1.807) is 4.90 Å². The van der Waals surface area contributed by atoms with E-state index in [1.165, 1.54) is 11.1 Å². The standard InChI is InChI=1S/C27H33N3O3.ClH/c31-25(22-6-2-1-3-7-22)30-19-23-8-4-5-9-24(23)27(20-30)12-16-28(17-13-27)18-21-10-14-29(15-11-21)26(32)33;/h1-9,21H,10-20H2,(H,32,33);1H. The van der Waals surface area contributed by atoms with Crippen molar-refractivity contribution in [2.75, 3.05) is 39.3 Å². The van der Waals surface area contributed by atoms with Crippen LogP contribution in [0.3, 0.4) is 0 Å². The third-order valence-corrected chi connectivity index (χ3v) is 7.97. The molecule has 3 aliphatic rings. The number of fused-ring (bicyclic) bond motifs is 2. The van der Waals surface area contributed by atoms with Crippen LogP contribution in [0.15, 0.2) is 54.6 Å². The minimum atomic E-state index is -0.793. The molecule has 1 N–H and O–H groups in total. The van der Waals surface area contributed by atoms with Gasteiger partial charge in [0.15, 0.2) is 0 Å².